The summed E-state index contributed by atoms with van der Waals surface area (Å²) in [6.45, 7) is 7.10. The Bertz CT molecular complexity index is 419. The van der Waals surface area contributed by atoms with Crippen LogP contribution in [-0.4, -0.2) is 19.0 Å². The third kappa shape index (κ3) is 5.69. The number of rotatable bonds is 13. The van der Waals surface area contributed by atoms with Crippen molar-refractivity contribution in [3.63, 3.8) is 0 Å². The van der Waals surface area contributed by atoms with Gasteiger partial charge in [0.1, 0.15) is 13.6 Å². The van der Waals surface area contributed by atoms with E-state index in [0.717, 1.165) is 5.33 Å². The number of halogens is 1. The van der Waals surface area contributed by atoms with Gasteiger partial charge in [-0.05, 0) is 38.5 Å². The molecule has 0 unspecified atom stereocenters. The van der Waals surface area contributed by atoms with Crippen LogP contribution in [0.25, 0.3) is 0 Å². The predicted octanol–water partition coefficient (Wildman–Crippen LogP) is 10.2. The first-order valence-corrected chi connectivity index (χ1v) is 16.8. The standard InChI is InChI=1S/C20H35BrS6/c1-4-7-12-17-22-18(13-8-5-2)24-19(23-17,14-9-6-3)27-20(25-17,26-18)15-10-11-16-21/h4-16H2,1-3H3. The molecule has 0 saturated carbocycles. The topological polar surface area (TPSA) is 0 Å². The maximum atomic E-state index is 3.66. The molecule has 4 aliphatic heterocycles. The molecular weight excluding hydrogens is 513 g/mol. The molecule has 7 heteroatoms. The molecule has 0 spiro atoms. The lowest BCUT2D eigenvalue weighted by Crippen LogP contribution is -2.53. The second kappa shape index (κ2) is 10.5. The van der Waals surface area contributed by atoms with Gasteiger partial charge in [0, 0.05) is 5.33 Å². The van der Waals surface area contributed by atoms with Crippen molar-refractivity contribution in [3.8, 4) is 0 Å². The predicted molar refractivity (Wildman–Crippen MR) is 143 cm³/mol. The van der Waals surface area contributed by atoms with Crippen molar-refractivity contribution in [2.24, 2.45) is 0 Å². The van der Waals surface area contributed by atoms with Gasteiger partial charge < -0.3 is 0 Å². The van der Waals surface area contributed by atoms with Crippen LogP contribution in [0.5, 0.6) is 0 Å². The van der Waals surface area contributed by atoms with E-state index in [9.17, 15) is 0 Å². The molecule has 0 aliphatic carbocycles. The maximum absolute atomic E-state index is 3.66. The highest BCUT2D eigenvalue weighted by atomic mass is 79.9. The highest BCUT2D eigenvalue weighted by molar-refractivity contribution is 9.09. The van der Waals surface area contributed by atoms with E-state index in [0.29, 0.717) is 13.6 Å². The van der Waals surface area contributed by atoms with Gasteiger partial charge in [0.05, 0.1) is 0 Å². The highest BCUT2D eigenvalue weighted by Gasteiger charge is 2.71. The molecule has 4 fully saturated rings. The van der Waals surface area contributed by atoms with E-state index in [1.54, 1.807) is 0 Å². The summed E-state index contributed by atoms with van der Waals surface area (Å²) in [5.74, 6) is 0. The summed E-state index contributed by atoms with van der Waals surface area (Å²) in [5.41, 5.74) is 0. The van der Waals surface area contributed by atoms with Crippen LogP contribution in [0.2, 0.25) is 0 Å². The number of thioether (sulfide) groups is 6. The molecule has 0 radical (unpaired) electrons. The average Bonchev–Trinajstić information content (AvgIpc) is 2.62. The maximum Gasteiger partial charge on any atom is 0.113 e. The Morgan fingerprint density at radius 1 is 0.481 bits per heavy atom. The summed E-state index contributed by atoms with van der Waals surface area (Å²) in [6, 6.07) is 0. The molecule has 158 valence electrons. The Balaban J connectivity index is 1.91. The van der Waals surface area contributed by atoms with Gasteiger partial charge in [-0.25, -0.2) is 0 Å². The van der Waals surface area contributed by atoms with Gasteiger partial charge in [0.15, 0.2) is 0 Å². The Morgan fingerprint density at radius 2 is 0.778 bits per heavy atom. The Morgan fingerprint density at radius 3 is 1.04 bits per heavy atom. The van der Waals surface area contributed by atoms with E-state index in [-0.39, 0.29) is 0 Å². The SMILES string of the molecule is CCCCC12SC3(CCCC)SC(CCCC)(S1)SC(CCCCBr)(S2)S3. The van der Waals surface area contributed by atoms with Crippen molar-refractivity contribution < 1.29 is 0 Å². The fourth-order valence-corrected chi connectivity index (χ4v) is 26.1. The third-order valence-electron chi connectivity index (χ3n) is 5.24. The molecule has 0 N–H and O–H groups in total. The van der Waals surface area contributed by atoms with Gasteiger partial charge in [-0.1, -0.05) is 75.2 Å². The summed E-state index contributed by atoms with van der Waals surface area (Å²) in [6.07, 6.45) is 16.4. The van der Waals surface area contributed by atoms with Gasteiger partial charge in [-0.2, -0.15) is 0 Å². The Kier molecular flexibility index (Phi) is 9.39. The molecule has 4 bridgehead atoms. The average molecular weight is 548 g/mol. The molecule has 0 aromatic heterocycles. The van der Waals surface area contributed by atoms with Gasteiger partial charge in [-0.15, -0.1) is 70.6 Å². The smallest absolute Gasteiger partial charge is 0.104 e. The Hall–Kier alpha value is 2.58. The second-order valence-electron chi connectivity index (χ2n) is 7.80. The van der Waals surface area contributed by atoms with E-state index < -0.39 is 0 Å². The molecular formula is C20H35BrS6. The lowest BCUT2D eigenvalue weighted by molar-refractivity contribution is 0.687. The van der Waals surface area contributed by atoms with Crippen molar-refractivity contribution in [2.45, 2.75) is 111 Å². The van der Waals surface area contributed by atoms with Crippen LogP contribution < -0.4 is 0 Å². The van der Waals surface area contributed by atoms with Crippen LogP contribution in [-0.2, 0) is 0 Å². The van der Waals surface area contributed by atoms with Gasteiger partial charge in [0.25, 0.3) is 0 Å². The fourth-order valence-electron chi connectivity index (χ4n) is 3.90. The van der Waals surface area contributed by atoms with E-state index >= 15 is 0 Å². The summed E-state index contributed by atoms with van der Waals surface area (Å²) < 4.78 is 1.63. The summed E-state index contributed by atoms with van der Waals surface area (Å²) in [7, 11) is 0. The normalized spacial score (nSPS) is 40.0. The molecule has 0 atom stereocenters. The fraction of sp³-hybridized carbons (Fsp3) is 1.00. The monoisotopic (exact) mass is 546 g/mol. The van der Waals surface area contributed by atoms with Crippen molar-refractivity contribution in [2.75, 3.05) is 5.33 Å². The van der Waals surface area contributed by atoms with Crippen molar-refractivity contribution in [1.29, 1.82) is 0 Å². The number of hydrogen-bond acceptors (Lipinski definition) is 6. The highest BCUT2D eigenvalue weighted by Crippen LogP contribution is 2.91. The summed E-state index contributed by atoms with van der Waals surface area (Å²) in [4.78, 5) is 0. The minimum Gasteiger partial charge on any atom is -0.104 e. The van der Waals surface area contributed by atoms with Crippen LogP contribution in [0, 0.1) is 0 Å². The number of unbranched alkanes of at least 4 members (excludes halogenated alkanes) is 4. The van der Waals surface area contributed by atoms with Crippen molar-refractivity contribution >= 4 is 86.5 Å². The van der Waals surface area contributed by atoms with Crippen LogP contribution in [0.3, 0.4) is 0 Å². The lowest BCUT2D eigenvalue weighted by atomic mass is 10.3. The molecule has 27 heavy (non-hydrogen) atoms. The molecule has 4 rings (SSSR count). The van der Waals surface area contributed by atoms with Crippen LogP contribution in [0.4, 0.5) is 0 Å². The summed E-state index contributed by atoms with van der Waals surface area (Å²) >= 11 is 17.9. The van der Waals surface area contributed by atoms with Gasteiger partial charge in [0.2, 0.25) is 0 Å². The molecule has 0 aromatic rings. The molecule has 4 aliphatic rings. The minimum absolute atomic E-state index is 0.402. The zero-order chi connectivity index (χ0) is 19.4. The first kappa shape index (κ1) is 24.2. The molecule has 0 nitrogen and oxygen atoms in total. The van der Waals surface area contributed by atoms with E-state index in [1.807, 2.05) is 0 Å². The molecule has 0 aromatic carbocycles. The molecule has 4 heterocycles. The van der Waals surface area contributed by atoms with Crippen LogP contribution in [0.1, 0.15) is 97.8 Å². The first-order chi connectivity index (χ1) is 13.0. The molecule has 4 saturated heterocycles. The van der Waals surface area contributed by atoms with Crippen LogP contribution in [0.15, 0.2) is 0 Å². The minimum atomic E-state index is 0.402. The number of alkyl halides is 1. The zero-order valence-electron chi connectivity index (χ0n) is 17.0. The van der Waals surface area contributed by atoms with E-state index in [4.69, 9.17) is 0 Å². The largest absolute Gasteiger partial charge is 0.113 e. The number of hydrogen-bond donors (Lipinski definition) is 0. The Labute approximate surface area is 201 Å². The quantitative estimate of drug-likeness (QED) is 0.165. The second-order valence-corrected chi connectivity index (χ2v) is 21.3. The van der Waals surface area contributed by atoms with E-state index in [2.05, 4.69) is 107 Å². The van der Waals surface area contributed by atoms with Crippen molar-refractivity contribution in [3.05, 3.63) is 0 Å². The zero-order valence-corrected chi connectivity index (χ0v) is 23.5. The van der Waals surface area contributed by atoms with Gasteiger partial charge in [-0.3, -0.25) is 0 Å². The lowest BCUT2D eigenvalue weighted by Gasteiger charge is -2.67. The van der Waals surface area contributed by atoms with Crippen LogP contribution >= 0.6 is 86.5 Å². The summed E-state index contributed by atoms with van der Waals surface area (Å²) in [5, 5.41) is 1.16. The van der Waals surface area contributed by atoms with Gasteiger partial charge >= 0.3 is 0 Å². The van der Waals surface area contributed by atoms with Crippen molar-refractivity contribution in [1.82, 2.24) is 0 Å². The molecule has 0 amide bonds. The van der Waals surface area contributed by atoms with E-state index in [1.165, 1.54) is 77.0 Å². The third-order valence-corrected chi connectivity index (χ3v) is 18.0. The first-order valence-electron chi connectivity index (χ1n) is 10.8.